The van der Waals surface area contributed by atoms with Crippen molar-refractivity contribution in [3.63, 3.8) is 0 Å². The zero-order valence-corrected chi connectivity index (χ0v) is 14.0. The maximum absolute atomic E-state index is 12.2. The Morgan fingerprint density at radius 1 is 1.36 bits per heavy atom. The summed E-state index contributed by atoms with van der Waals surface area (Å²) in [6, 6.07) is 4.81. The first-order valence-electron chi connectivity index (χ1n) is 6.05. The fourth-order valence-corrected chi connectivity index (χ4v) is 4.68. The molecule has 0 bridgehead atoms. The van der Waals surface area contributed by atoms with Crippen LogP contribution in [0.15, 0.2) is 33.5 Å². The van der Waals surface area contributed by atoms with E-state index in [2.05, 4.69) is 14.9 Å². The van der Waals surface area contributed by atoms with Crippen LogP contribution in [-0.4, -0.2) is 28.8 Å². The van der Waals surface area contributed by atoms with Crippen molar-refractivity contribution in [3.8, 4) is 0 Å². The standard InChI is InChI=1S/C11H12N4O4S3/c1-7(2)20-11-13-12-10(21-11)14-22(18,19)9-5-3-4-8(6-9)15(16)17/h3-7H,1-2H3,(H,12,14). The first kappa shape index (κ1) is 16.6. The Bertz CT molecular complexity index is 788. The lowest BCUT2D eigenvalue weighted by Crippen LogP contribution is -2.13. The average Bonchev–Trinajstić information content (AvgIpc) is 2.84. The minimum Gasteiger partial charge on any atom is -0.258 e. The van der Waals surface area contributed by atoms with Crippen molar-refractivity contribution < 1.29 is 13.3 Å². The highest BCUT2D eigenvalue weighted by atomic mass is 32.2. The largest absolute Gasteiger partial charge is 0.270 e. The molecule has 0 saturated carbocycles. The Morgan fingerprint density at radius 2 is 2.09 bits per heavy atom. The van der Waals surface area contributed by atoms with Gasteiger partial charge in [0, 0.05) is 17.4 Å². The Kier molecular flexibility index (Phi) is 4.98. The molecule has 118 valence electrons. The molecule has 1 heterocycles. The molecule has 2 rings (SSSR count). The summed E-state index contributed by atoms with van der Waals surface area (Å²) in [6.07, 6.45) is 0. The molecule has 0 aliphatic rings. The fraction of sp³-hybridized carbons (Fsp3) is 0.273. The van der Waals surface area contributed by atoms with Crippen LogP contribution in [-0.2, 0) is 10.0 Å². The summed E-state index contributed by atoms with van der Waals surface area (Å²) in [4.78, 5) is 9.86. The van der Waals surface area contributed by atoms with Crippen molar-refractivity contribution in [1.29, 1.82) is 0 Å². The van der Waals surface area contributed by atoms with Gasteiger partial charge in [-0.3, -0.25) is 14.8 Å². The van der Waals surface area contributed by atoms with E-state index in [1.165, 1.54) is 30.0 Å². The zero-order valence-electron chi connectivity index (χ0n) is 11.6. The van der Waals surface area contributed by atoms with Crippen molar-refractivity contribution >= 4 is 43.9 Å². The van der Waals surface area contributed by atoms with Crippen LogP contribution in [0.3, 0.4) is 0 Å². The predicted molar refractivity (Wildman–Crippen MR) is 84.8 cm³/mol. The number of sulfonamides is 1. The molecular weight excluding hydrogens is 348 g/mol. The minimum absolute atomic E-state index is 0.120. The Balaban J connectivity index is 2.22. The van der Waals surface area contributed by atoms with Crippen LogP contribution in [0, 0.1) is 10.1 Å². The maximum atomic E-state index is 12.2. The molecule has 11 heteroatoms. The topological polar surface area (TPSA) is 115 Å². The van der Waals surface area contributed by atoms with Gasteiger partial charge in [-0.05, 0) is 6.07 Å². The summed E-state index contributed by atoms with van der Waals surface area (Å²) >= 11 is 2.58. The van der Waals surface area contributed by atoms with E-state index in [4.69, 9.17) is 0 Å². The van der Waals surface area contributed by atoms with Gasteiger partial charge in [0.15, 0.2) is 4.34 Å². The third kappa shape index (κ3) is 4.15. The molecule has 0 atom stereocenters. The molecule has 0 amide bonds. The van der Waals surface area contributed by atoms with E-state index >= 15 is 0 Å². The quantitative estimate of drug-likeness (QED) is 0.478. The van der Waals surface area contributed by atoms with E-state index in [-0.39, 0.29) is 15.7 Å². The number of thioether (sulfide) groups is 1. The van der Waals surface area contributed by atoms with Gasteiger partial charge in [-0.25, -0.2) is 8.42 Å². The normalized spacial score (nSPS) is 11.6. The van der Waals surface area contributed by atoms with E-state index < -0.39 is 14.9 Å². The summed E-state index contributed by atoms with van der Waals surface area (Å²) < 4.78 is 27.3. The van der Waals surface area contributed by atoms with Crippen LogP contribution in [0.4, 0.5) is 10.8 Å². The number of hydrogen-bond acceptors (Lipinski definition) is 8. The van der Waals surface area contributed by atoms with Crippen LogP contribution < -0.4 is 4.72 Å². The smallest absolute Gasteiger partial charge is 0.258 e. The van der Waals surface area contributed by atoms with Crippen molar-refractivity contribution in [3.05, 3.63) is 34.4 Å². The molecular formula is C11H12N4O4S3. The van der Waals surface area contributed by atoms with Crippen LogP contribution in [0.5, 0.6) is 0 Å². The number of nitrogens with zero attached hydrogens (tertiary/aromatic N) is 3. The van der Waals surface area contributed by atoms with Crippen LogP contribution >= 0.6 is 23.1 Å². The van der Waals surface area contributed by atoms with Crippen molar-refractivity contribution in [1.82, 2.24) is 10.2 Å². The molecule has 8 nitrogen and oxygen atoms in total. The monoisotopic (exact) mass is 360 g/mol. The number of aromatic nitrogens is 2. The summed E-state index contributed by atoms with van der Waals surface area (Å²) in [5, 5.41) is 18.8. The maximum Gasteiger partial charge on any atom is 0.270 e. The minimum atomic E-state index is -3.94. The average molecular weight is 360 g/mol. The number of nitro benzene ring substituents is 1. The molecule has 0 fully saturated rings. The zero-order chi connectivity index (χ0) is 16.3. The number of anilines is 1. The molecule has 0 aliphatic carbocycles. The molecule has 1 aromatic carbocycles. The highest BCUT2D eigenvalue weighted by Gasteiger charge is 2.20. The Labute approximate surface area is 135 Å². The van der Waals surface area contributed by atoms with Crippen molar-refractivity contribution in [2.45, 2.75) is 28.3 Å². The Morgan fingerprint density at radius 3 is 2.73 bits per heavy atom. The second kappa shape index (κ2) is 6.58. The Hall–Kier alpha value is -1.72. The molecule has 2 aromatic rings. The van der Waals surface area contributed by atoms with Gasteiger partial charge in [0.05, 0.1) is 9.82 Å². The van der Waals surface area contributed by atoms with Gasteiger partial charge < -0.3 is 0 Å². The van der Waals surface area contributed by atoms with Gasteiger partial charge in [-0.2, -0.15) is 0 Å². The van der Waals surface area contributed by atoms with Gasteiger partial charge in [0.25, 0.3) is 15.7 Å². The van der Waals surface area contributed by atoms with Crippen LogP contribution in [0.2, 0.25) is 0 Å². The van der Waals surface area contributed by atoms with Gasteiger partial charge in [-0.15, -0.1) is 10.2 Å². The third-order valence-electron chi connectivity index (χ3n) is 2.30. The molecule has 1 N–H and O–H groups in total. The predicted octanol–water partition coefficient (Wildman–Crippen LogP) is 2.75. The molecule has 0 aliphatic heterocycles. The van der Waals surface area contributed by atoms with E-state index in [1.807, 2.05) is 13.8 Å². The number of rotatable bonds is 6. The summed E-state index contributed by atoms with van der Waals surface area (Å²) in [6.45, 7) is 3.97. The van der Waals surface area contributed by atoms with Crippen LogP contribution in [0.1, 0.15) is 13.8 Å². The summed E-state index contributed by atoms with van der Waals surface area (Å²) in [7, 11) is -3.94. The molecule has 0 saturated heterocycles. The van der Waals surface area contributed by atoms with Gasteiger partial charge in [0.1, 0.15) is 0 Å². The third-order valence-corrected chi connectivity index (χ3v) is 5.70. The SMILES string of the molecule is CC(C)Sc1nnc(NS(=O)(=O)c2cccc([N+](=O)[O-])c2)s1. The lowest BCUT2D eigenvalue weighted by atomic mass is 10.3. The lowest BCUT2D eigenvalue weighted by molar-refractivity contribution is -0.385. The van der Waals surface area contributed by atoms with Gasteiger partial charge >= 0.3 is 0 Å². The second-order valence-corrected chi connectivity index (χ2v) is 8.88. The number of hydrogen-bond donors (Lipinski definition) is 1. The molecule has 1 aromatic heterocycles. The lowest BCUT2D eigenvalue weighted by Gasteiger charge is -2.04. The first-order valence-corrected chi connectivity index (χ1v) is 9.23. The number of non-ortho nitro benzene ring substituents is 1. The van der Waals surface area contributed by atoms with Crippen molar-refractivity contribution in [2.24, 2.45) is 0 Å². The van der Waals surface area contributed by atoms with Gasteiger partial charge in [0.2, 0.25) is 5.13 Å². The molecule has 22 heavy (non-hydrogen) atoms. The fourth-order valence-electron chi connectivity index (χ4n) is 1.44. The highest BCUT2D eigenvalue weighted by Crippen LogP contribution is 2.29. The summed E-state index contributed by atoms with van der Waals surface area (Å²) in [5.74, 6) is 0. The summed E-state index contributed by atoms with van der Waals surface area (Å²) in [5.41, 5.74) is -0.295. The highest BCUT2D eigenvalue weighted by molar-refractivity contribution is 8.01. The number of nitrogens with one attached hydrogen (secondary N) is 1. The van der Waals surface area contributed by atoms with Crippen LogP contribution in [0.25, 0.3) is 0 Å². The number of nitro groups is 1. The van der Waals surface area contributed by atoms with Crippen molar-refractivity contribution in [2.75, 3.05) is 4.72 Å². The number of benzene rings is 1. The second-order valence-electron chi connectivity index (χ2n) is 4.40. The van der Waals surface area contributed by atoms with E-state index in [0.717, 1.165) is 17.4 Å². The van der Waals surface area contributed by atoms with E-state index in [1.54, 1.807) is 0 Å². The molecule has 0 spiro atoms. The van der Waals surface area contributed by atoms with E-state index in [0.29, 0.717) is 9.59 Å². The van der Waals surface area contributed by atoms with E-state index in [9.17, 15) is 18.5 Å². The molecule has 0 radical (unpaired) electrons. The first-order chi connectivity index (χ1) is 10.3. The van der Waals surface area contributed by atoms with Gasteiger partial charge in [-0.1, -0.05) is 43.0 Å². The molecule has 0 unspecified atom stereocenters.